The SMILES string of the molecule is CCOc1ccc2nc(N3CCCN(C(=O)Nc4ccccc4OCC)CC3)c(C#N)cc2c1. The van der Waals surface area contributed by atoms with Gasteiger partial charge in [-0.2, -0.15) is 5.26 Å². The molecule has 8 heteroatoms. The highest BCUT2D eigenvalue weighted by molar-refractivity contribution is 5.91. The second-order valence-corrected chi connectivity index (χ2v) is 7.95. The summed E-state index contributed by atoms with van der Waals surface area (Å²) in [5, 5.41) is 13.6. The topological polar surface area (TPSA) is 90.7 Å². The maximum absolute atomic E-state index is 13.0. The molecular formula is C26H29N5O3. The normalized spacial score (nSPS) is 13.8. The average molecular weight is 460 g/mol. The minimum Gasteiger partial charge on any atom is -0.494 e. The quantitative estimate of drug-likeness (QED) is 0.577. The number of para-hydroxylation sites is 2. The number of carbonyl (C=O) groups is 1. The number of aromatic nitrogens is 1. The average Bonchev–Trinajstić information content (AvgIpc) is 3.11. The second-order valence-electron chi connectivity index (χ2n) is 7.95. The summed E-state index contributed by atoms with van der Waals surface area (Å²) in [6.45, 7) is 7.40. The molecule has 1 aliphatic rings. The molecule has 2 amide bonds. The number of amides is 2. The number of anilines is 2. The van der Waals surface area contributed by atoms with Gasteiger partial charge in [-0.15, -0.1) is 0 Å². The van der Waals surface area contributed by atoms with Crippen LogP contribution in [0.5, 0.6) is 11.5 Å². The number of rotatable bonds is 6. The predicted octanol–water partition coefficient (Wildman–Crippen LogP) is 4.65. The summed E-state index contributed by atoms with van der Waals surface area (Å²) in [5.74, 6) is 2.07. The van der Waals surface area contributed by atoms with Gasteiger partial charge in [0.25, 0.3) is 0 Å². The lowest BCUT2D eigenvalue weighted by Gasteiger charge is -2.24. The van der Waals surface area contributed by atoms with Crippen LogP contribution < -0.4 is 19.7 Å². The molecule has 0 radical (unpaired) electrons. The van der Waals surface area contributed by atoms with E-state index in [9.17, 15) is 10.1 Å². The summed E-state index contributed by atoms with van der Waals surface area (Å²) in [4.78, 5) is 21.6. The zero-order chi connectivity index (χ0) is 23.9. The van der Waals surface area contributed by atoms with Crippen molar-refractivity contribution in [1.29, 1.82) is 5.26 Å². The van der Waals surface area contributed by atoms with Crippen molar-refractivity contribution in [3.05, 3.63) is 54.1 Å². The number of nitriles is 1. The minimum absolute atomic E-state index is 0.163. The van der Waals surface area contributed by atoms with E-state index in [1.165, 1.54) is 0 Å². The summed E-state index contributed by atoms with van der Waals surface area (Å²) in [5.41, 5.74) is 1.98. The molecule has 0 aliphatic carbocycles. The molecular weight excluding hydrogens is 430 g/mol. The highest BCUT2D eigenvalue weighted by atomic mass is 16.5. The van der Waals surface area contributed by atoms with Crippen LogP contribution in [0.3, 0.4) is 0 Å². The van der Waals surface area contributed by atoms with E-state index in [2.05, 4.69) is 16.3 Å². The number of ether oxygens (including phenoxy) is 2. The highest BCUT2D eigenvalue weighted by Crippen LogP contribution is 2.28. The van der Waals surface area contributed by atoms with Gasteiger partial charge in [-0.05, 0) is 56.7 Å². The Balaban J connectivity index is 1.49. The molecule has 1 saturated heterocycles. The molecule has 0 unspecified atom stereocenters. The monoisotopic (exact) mass is 459 g/mol. The molecule has 0 saturated carbocycles. The van der Waals surface area contributed by atoms with Gasteiger partial charge in [0.05, 0.1) is 30.0 Å². The zero-order valence-corrected chi connectivity index (χ0v) is 19.6. The van der Waals surface area contributed by atoms with E-state index < -0.39 is 0 Å². The summed E-state index contributed by atoms with van der Waals surface area (Å²) in [6, 6.07) is 17.1. The minimum atomic E-state index is -0.163. The second kappa shape index (κ2) is 10.8. The van der Waals surface area contributed by atoms with E-state index in [0.29, 0.717) is 62.2 Å². The highest BCUT2D eigenvalue weighted by Gasteiger charge is 2.23. The number of urea groups is 1. The van der Waals surface area contributed by atoms with Gasteiger partial charge in [0.15, 0.2) is 0 Å². The Labute approximate surface area is 199 Å². The summed E-state index contributed by atoms with van der Waals surface area (Å²) < 4.78 is 11.2. The van der Waals surface area contributed by atoms with Crippen molar-refractivity contribution in [2.24, 2.45) is 0 Å². The van der Waals surface area contributed by atoms with Crippen molar-refractivity contribution in [2.75, 3.05) is 49.6 Å². The molecule has 1 fully saturated rings. The predicted molar refractivity (Wildman–Crippen MR) is 133 cm³/mol. The zero-order valence-electron chi connectivity index (χ0n) is 19.6. The Morgan fingerprint density at radius 3 is 2.68 bits per heavy atom. The van der Waals surface area contributed by atoms with Gasteiger partial charge in [-0.25, -0.2) is 9.78 Å². The Kier molecular flexibility index (Phi) is 7.33. The first kappa shape index (κ1) is 23.2. The van der Waals surface area contributed by atoms with Gasteiger partial charge in [0, 0.05) is 31.6 Å². The van der Waals surface area contributed by atoms with Crippen molar-refractivity contribution >= 4 is 28.4 Å². The molecule has 1 N–H and O–H groups in total. The van der Waals surface area contributed by atoms with Gasteiger partial charge < -0.3 is 24.6 Å². The Hall–Kier alpha value is -3.99. The molecule has 0 atom stereocenters. The van der Waals surface area contributed by atoms with E-state index in [4.69, 9.17) is 14.5 Å². The molecule has 34 heavy (non-hydrogen) atoms. The smallest absolute Gasteiger partial charge is 0.322 e. The lowest BCUT2D eigenvalue weighted by Crippen LogP contribution is -2.38. The van der Waals surface area contributed by atoms with Crippen LogP contribution in [-0.2, 0) is 0 Å². The van der Waals surface area contributed by atoms with E-state index in [1.54, 1.807) is 4.90 Å². The van der Waals surface area contributed by atoms with Crippen LogP contribution in [0.4, 0.5) is 16.3 Å². The van der Waals surface area contributed by atoms with E-state index in [1.807, 2.05) is 62.4 Å². The maximum atomic E-state index is 13.0. The summed E-state index contributed by atoms with van der Waals surface area (Å²) in [7, 11) is 0. The van der Waals surface area contributed by atoms with Gasteiger partial charge in [0.2, 0.25) is 0 Å². The lowest BCUT2D eigenvalue weighted by molar-refractivity contribution is 0.215. The molecule has 8 nitrogen and oxygen atoms in total. The van der Waals surface area contributed by atoms with Crippen LogP contribution in [0.15, 0.2) is 48.5 Å². The molecule has 4 rings (SSSR count). The van der Waals surface area contributed by atoms with Gasteiger partial charge in [0.1, 0.15) is 23.4 Å². The van der Waals surface area contributed by atoms with Crippen molar-refractivity contribution in [3.8, 4) is 17.6 Å². The molecule has 1 aliphatic heterocycles. The number of nitrogens with zero attached hydrogens (tertiary/aromatic N) is 4. The van der Waals surface area contributed by atoms with Crippen LogP contribution in [0, 0.1) is 11.3 Å². The number of pyridine rings is 1. The number of benzene rings is 2. The summed E-state index contributed by atoms with van der Waals surface area (Å²) in [6.07, 6.45) is 0.772. The molecule has 2 heterocycles. The lowest BCUT2D eigenvalue weighted by atomic mass is 10.1. The van der Waals surface area contributed by atoms with Crippen LogP contribution in [-0.4, -0.2) is 55.3 Å². The molecule has 176 valence electrons. The van der Waals surface area contributed by atoms with Crippen LogP contribution in [0.1, 0.15) is 25.8 Å². The van der Waals surface area contributed by atoms with Gasteiger partial charge in [-0.1, -0.05) is 12.1 Å². The largest absolute Gasteiger partial charge is 0.494 e. The third-order valence-electron chi connectivity index (χ3n) is 5.71. The number of hydrogen-bond acceptors (Lipinski definition) is 6. The first-order valence-corrected chi connectivity index (χ1v) is 11.6. The Morgan fingerprint density at radius 2 is 1.88 bits per heavy atom. The molecule has 0 bridgehead atoms. The van der Waals surface area contributed by atoms with E-state index in [-0.39, 0.29) is 6.03 Å². The third kappa shape index (κ3) is 5.15. The fourth-order valence-electron chi connectivity index (χ4n) is 4.10. The molecule has 0 spiro atoms. The van der Waals surface area contributed by atoms with Crippen LogP contribution in [0.25, 0.3) is 10.9 Å². The van der Waals surface area contributed by atoms with Crippen molar-refractivity contribution in [1.82, 2.24) is 9.88 Å². The van der Waals surface area contributed by atoms with Crippen molar-refractivity contribution in [3.63, 3.8) is 0 Å². The van der Waals surface area contributed by atoms with Crippen molar-refractivity contribution < 1.29 is 14.3 Å². The maximum Gasteiger partial charge on any atom is 0.322 e. The van der Waals surface area contributed by atoms with Gasteiger partial charge >= 0.3 is 6.03 Å². The van der Waals surface area contributed by atoms with Gasteiger partial charge in [-0.3, -0.25) is 0 Å². The molecule has 3 aromatic rings. The molecule has 1 aromatic heterocycles. The van der Waals surface area contributed by atoms with E-state index in [0.717, 1.165) is 23.1 Å². The van der Waals surface area contributed by atoms with Crippen LogP contribution in [0.2, 0.25) is 0 Å². The van der Waals surface area contributed by atoms with Crippen molar-refractivity contribution in [2.45, 2.75) is 20.3 Å². The number of nitrogens with one attached hydrogen (secondary N) is 1. The van der Waals surface area contributed by atoms with Crippen LogP contribution >= 0.6 is 0 Å². The Bertz CT molecular complexity index is 1210. The standard InChI is InChI=1S/C26H29N5O3/c1-3-33-21-10-11-22-19(17-21)16-20(18-27)25(28-22)30-12-7-13-31(15-14-30)26(32)29-23-8-5-6-9-24(23)34-4-2/h5-6,8-11,16-17H,3-4,7,12-15H2,1-2H3,(H,29,32). The fourth-order valence-corrected chi connectivity index (χ4v) is 4.10. The third-order valence-corrected chi connectivity index (χ3v) is 5.71. The number of carbonyl (C=O) groups excluding carboxylic acids is 1. The first-order chi connectivity index (χ1) is 16.6. The summed E-state index contributed by atoms with van der Waals surface area (Å²) >= 11 is 0. The Morgan fingerprint density at radius 1 is 1.06 bits per heavy atom. The number of fused-ring (bicyclic) bond motifs is 1. The van der Waals surface area contributed by atoms with E-state index >= 15 is 0 Å². The first-order valence-electron chi connectivity index (χ1n) is 11.6. The fraction of sp³-hybridized carbons (Fsp3) is 0.346. The molecule has 2 aromatic carbocycles. The number of hydrogen-bond donors (Lipinski definition) is 1.